The summed E-state index contributed by atoms with van der Waals surface area (Å²) in [6, 6.07) is 9.62. The Kier molecular flexibility index (Phi) is 5.68. The third-order valence-electron chi connectivity index (χ3n) is 4.10. The number of hydrogen-bond acceptors (Lipinski definition) is 6. The van der Waals surface area contributed by atoms with Crippen LogP contribution in [0.3, 0.4) is 0 Å². The molecule has 3 rings (SSSR count). The van der Waals surface area contributed by atoms with Crippen molar-refractivity contribution in [3.63, 3.8) is 0 Å². The summed E-state index contributed by atoms with van der Waals surface area (Å²) >= 11 is 1.37. The number of esters is 1. The molecule has 6 nitrogen and oxygen atoms in total. The van der Waals surface area contributed by atoms with Crippen molar-refractivity contribution in [2.75, 3.05) is 13.1 Å². The highest BCUT2D eigenvalue weighted by Crippen LogP contribution is 2.24. The topological polar surface area (TPSA) is 68.7 Å². The number of amides is 1. The number of carbonyl (C=O) groups is 2. The molecule has 1 amide bonds. The lowest BCUT2D eigenvalue weighted by molar-refractivity contribution is -0.151. The van der Waals surface area contributed by atoms with E-state index in [4.69, 9.17) is 9.47 Å². The molecule has 138 valence electrons. The van der Waals surface area contributed by atoms with Crippen LogP contribution in [0.2, 0.25) is 0 Å². The van der Waals surface area contributed by atoms with Gasteiger partial charge in [-0.25, -0.2) is 9.78 Å². The number of nitrogens with zero attached hydrogens (tertiary/aromatic N) is 2. The van der Waals surface area contributed by atoms with Gasteiger partial charge in [0.1, 0.15) is 5.01 Å². The maximum atomic E-state index is 12.6. The quantitative estimate of drug-likeness (QED) is 0.770. The van der Waals surface area contributed by atoms with Crippen LogP contribution in [-0.2, 0) is 14.3 Å². The largest absolute Gasteiger partial charge is 0.448 e. The van der Waals surface area contributed by atoms with E-state index in [9.17, 15) is 9.59 Å². The number of aromatic nitrogens is 1. The molecule has 1 aromatic carbocycles. The Labute approximate surface area is 156 Å². The van der Waals surface area contributed by atoms with Crippen molar-refractivity contribution in [1.82, 2.24) is 9.88 Å². The number of carbonyl (C=O) groups excluding carboxylic acids is 2. The summed E-state index contributed by atoms with van der Waals surface area (Å²) in [5.41, 5.74) is 1.16. The van der Waals surface area contributed by atoms with Gasteiger partial charge in [0.15, 0.2) is 11.8 Å². The molecule has 26 heavy (non-hydrogen) atoms. The van der Waals surface area contributed by atoms with Gasteiger partial charge in [-0.1, -0.05) is 30.3 Å². The van der Waals surface area contributed by atoms with Crippen LogP contribution < -0.4 is 0 Å². The Morgan fingerprint density at radius 3 is 2.54 bits per heavy atom. The molecule has 1 aliphatic heterocycles. The number of benzene rings is 1. The molecule has 1 aromatic heterocycles. The number of rotatable bonds is 4. The van der Waals surface area contributed by atoms with E-state index in [-0.39, 0.29) is 23.8 Å². The van der Waals surface area contributed by atoms with Gasteiger partial charge in [0.2, 0.25) is 0 Å². The summed E-state index contributed by atoms with van der Waals surface area (Å²) in [5.74, 6) is -0.794. The van der Waals surface area contributed by atoms with Crippen molar-refractivity contribution in [1.29, 1.82) is 0 Å². The first-order chi connectivity index (χ1) is 12.4. The highest BCUT2D eigenvalue weighted by atomic mass is 32.1. The average molecular weight is 374 g/mol. The van der Waals surface area contributed by atoms with E-state index < -0.39 is 12.1 Å². The molecular weight excluding hydrogens is 352 g/mol. The van der Waals surface area contributed by atoms with Crippen LogP contribution in [0.4, 0.5) is 0 Å². The van der Waals surface area contributed by atoms with Gasteiger partial charge in [-0.15, -0.1) is 11.3 Å². The first-order valence-electron chi connectivity index (χ1n) is 8.60. The Morgan fingerprint density at radius 1 is 1.23 bits per heavy atom. The molecule has 3 unspecified atom stereocenters. The van der Waals surface area contributed by atoms with Crippen LogP contribution in [0.5, 0.6) is 0 Å². The van der Waals surface area contributed by atoms with Crippen molar-refractivity contribution in [2.24, 2.45) is 0 Å². The van der Waals surface area contributed by atoms with Crippen LogP contribution in [0, 0.1) is 0 Å². The van der Waals surface area contributed by atoms with Crippen LogP contribution in [0.25, 0.3) is 10.6 Å². The van der Waals surface area contributed by atoms with Gasteiger partial charge in [0.05, 0.1) is 12.2 Å². The lowest BCUT2D eigenvalue weighted by atomic mass is 10.2. The molecular formula is C19H22N2O4S. The molecule has 1 aliphatic rings. The van der Waals surface area contributed by atoms with Crippen LogP contribution in [0.1, 0.15) is 31.3 Å². The molecule has 2 heterocycles. The van der Waals surface area contributed by atoms with Crippen LogP contribution in [-0.4, -0.2) is 53.2 Å². The molecule has 7 heteroatoms. The van der Waals surface area contributed by atoms with Crippen LogP contribution in [0.15, 0.2) is 35.7 Å². The third-order valence-corrected chi connectivity index (χ3v) is 4.99. The lowest BCUT2D eigenvalue weighted by Crippen LogP contribution is -2.51. The molecule has 0 saturated carbocycles. The molecule has 0 spiro atoms. The van der Waals surface area contributed by atoms with E-state index in [0.717, 1.165) is 10.6 Å². The fraction of sp³-hybridized carbons (Fsp3) is 0.421. The normalized spacial score (nSPS) is 21.3. The van der Waals surface area contributed by atoms with E-state index in [1.165, 1.54) is 11.3 Å². The molecule has 0 radical (unpaired) electrons. The highest BCUT2D eigenvalue weighted by molar-refractivity contribution is 7.13. The van der Waals surface area contributed by atoms with E-state index in [0.29, 0.717) is 13.1 Å². The zero-order chi connectivity index (χ0) is 18.7. The number of hydrogen-bond donors (Lipinski definition) is 0. The zero-order valence-corrected chi connectivity index (χ0v) is 15.9. The van der Waals surface area contributed by atoms with Gasteiger partial charge >= 0.3 is 5.97 Å². The lowest BCUT2D eigenvalue weighted by Gasteiger charge is -2.36. The van der Waals surface area contributed by atoms with E-state index >= 15 is 0 Å². The Morgan fingerprint density at radius 2 is 1.88 bits per heavy atom. The minimum atomic E-state index is -0.859. The van der Waals surface area contributed by atoms with Gasteiger partial charge in [-0.3, -0.25) is 4.79 Å². The monoisotopic (exact) mass is 374 g/mol. The summed E-state index contributed by atoms with van der Waals surface area (Å²) in [4.78, 5) is 30.9. The molecule has 2 aromatic rings. The SMILES string of the molecule is CC1CN(C(=O)C(C)OC(=O)c2csc(-c3ccccc3)n2)CC(C)O1. The molecule has 0 N–H and O–H groups in total. The van der Waals surface area contributed by atoms with E-state index in [1.54, 1.807) is 17.2 Å². The summed E-state index contributed by atoms with van der Waals surface area (Å²) in [6.45, 7) is 6.44. The van der Waals surface area contributed by atoms with Crippen molar-refractivity contribution < 1.29 is 19.1 Å². The van der Waals surface area contributed by atoms with Gasteiger partial charge in [-0.05, 0) is 20.8 Å². The maximum absolute atomic E-state index is 12.6. The highest BCUT2D eigenvalue weighted by Gasteiger charge is 2.31. The minimum Gasteiger partial charge on any atom is -0.448 e. The Balaban J connectivity index is 1.62. The Bertz CT molecular complexity index is 767. The number of morpholine rings is 1. The molecule has 0 aliphatic carbocycles. The first kappa shape index (κ1) is 18.5. The van der Waals surface area contributed by atoms with Crippen LogP contribution >= 0.6 is 11.3 Å². The first-order valence-corrected chi connectivity index (χ1v) is 9.48. The fourth-order valence-electron chi connectivity index (χ4n) is 2.97. The second-order valence-corrected chi connectivity index (χ2v) is 7.31. The maximum Gasteiger partial charge on any atom is 0.358 e. The molecule has 1 fully saturated rings. The minimum absolute atomic E-state index is 0.0300. The second kappa shape index (κ2) is 7.97. The third kappa shape index (κ3) is 4.28. The standard InChI is InChI=1S/C19H22N2O4S/c1-12-9-21(10-13(2)24-12)18(22)14(3)25-19(23)16-11-26-17(20-16)15-7-5-4-6-8-15/h4-8,11-14H,9-10H2,1-3H3. The predicted octanol–water partition coefficient (Wildman–Crippen LogP) is 2.99. The summed E-state index contributed by atoms with van der Waals surface area (Å²) in [7, 11) is 0. The van der Waals surface area contributed by atoms with Gasteiger partial charge in [-0.2, -0.15) is 0 Å². The van der Waals surface area contributed by atoms with Crippen molar-refractivity contribution in [3.05, 3.63) is 41.4 Å². The molecule has 3 atom stereocenters. The number of ether oxygens (including phenoxy) is 2. The van der Waals surface area contributed by atoms with Crippen molar-refractivity contribution in [3.8, 4) is 10.6 Å². The van der Waals surface area contributed by atoms with Crippen molar-refractivity contribution >= 4 is 23.2 Å². The summed E-state index contributed by atoms with van der Waals surface area (Å²) in [5, 5.41) is 2.40. The van der Waals surface area contributed by atoms with Gasteiger partial charge < -0.3 is 14.4 Å². The summed E-state index contributed by atoms with van der Waals surface area (Å²) < 4.78 is 11.0. The fourth-order valence-corrected chi connectivity index (χ4v) is 3.76. The number of thiazole rings is 1. The predicted molar refractivity (Wildman–Crippen MR) is 99.0 cm³/mol. The molecule has 0 bridgehead atoms. The zero-order valence-electron chi connectivity index (χ0n) is 15.0. The van der Waals surface area contributed by atoms with Gasteiger partial charge in [0.25, 0.3) is 5.91 Å². The average Bonchev–Trinajstić information content (AvgIpc) is 3.11. The molecule has 1 saturated heterocycles. The summed E-state index contributed by atoms with van der Waals surface area (Å²) in [6.07, 6.45) is -0.919. The van der Waals surface area contributed by atoms with Gasteiger partial charge in [0, 0.05) is 24.0 Å². The second-order valence-electron chi connectivity index (χ2n) is 6.45. The van der Waals surface area contributed by atoms with E-state index in [1.807, 2.05) is 44.2 Å². The Hall–Kier alpha value is -2.25. The van der Waals surface area contributed by atoms with E-state index in [2.05, 4.69) is 4.98 Å². The smallest absolute Gasteiger partial charge is 0.358 e. The van der Waals surface area contributed by atoms with Crippen molar-refractivity contribution in [2.45, 2.75) is 39.1 Å².